The Hall–Kier alpha value is -2.67. The number of carbonyl (C=O) groups excluding carboxylic acids is 2. The lowest BCUT2D eigenvalue weighted by molar-refractivity contribution is 0.0610. The fourth-order valence-corrected chi connectivity index (χ4v) is 3.71. The molecule has 1 aliphatic rings. The van der Waals surface area contributed by atoms with Gasteiger partial charge in [-0.1, -0.05) is 43.0 Å². The Morgan fingerprint density at radius 3 is 2.38 bits per heavy atom. The quantitative estimate of drug-likeness (QED) is 0.490. The highest BCUT2D eigenvalue weighted by Crippen LogP contribution is 2.30. The molecule has 0 atom stereocenters. The minimum absolute atomic E-state index is 0.211. The van der Waals surface area contributed by atoms with Crippen molar-refractivity contribution in [3.8, 4) is 0 Å². The summed E-state index contributed by atoms with van der Waals surface area (Å²) < 4.78 is 5.57. The number of thioether (sulfide) groups is 1. The van der Waals surface area contributed by atoms with E-state index < -0.39 is 0 Å². The first kappa shape index (κ1) is 16.8. The molecule has 0 radical (unpaired) electrons. The third-order valence-corrected chi connectivity index (χ3v) is 5.31. The molecule has 6 nitrogen and oxygen atoms in total. The summed E-state index contributed by atoms with van der Waals surface area (Å²) in [6, 6.07) is 11.0. The summed E-state index contributed by atoms with van der Waals surface area (Å²) in [6.07, 6.45) is 1.36. The highest BCUT2D eigenvalue weighted by Gasteiger charge is 2.32. The molecule has 0 bridgehead atoms. The van der Waals surface area contributed by atoms with Gasteiger partial charge in [0.25, 0.3) is 17.0 Å². The normalized spacial score (nSPS) is 13.7. The van der Waals surface area contributed by atoms with Crippen molar-refractivity contribution < 1.29 is 14.0 Å². The first-order valence-corrected chi connectivity index (χ1v) is 9.50. The third-order valence-electron chi connectivity index (χ3n) is 4.28. The van der Waals surface area contributed by atoms with Crippen molar-refractivity contribution in [2.24, 2.45) is 0 Å². The number of aromatic nitrogens is 2. The molecule has 4 rings (SSSR count). The zero-order valence-corrected chi connectivity index (χ0v) is 15.1. The van der Waals surface area contributed by atoms with Gasteiger partial charge < -0.3 is 4.42 Å². The number of nitrogens with zero attached hydrogens (tertiary/aromatic N) is 3. The minimum atomic E-state index is -0.278. The first-order chi connectivity index (χ1) is 12.7. The Balaban J connectivity index is 1.56. The summed E-state index contributed by atoms with van der Waals surface area (Å²) in [7, 11) is 0. The van der Waals surface area contributed by atoms with Crippen molar-refractivity contribution in [2.45, 2.75) is 25.0 Å². The first-order valence-electron chi connectivity index (χ1n) is 8.52. The second-order valence-corrected chi connectivity index (χ2v) is 7.08. The molecule has 1 aromatic heterocycles. The predicted octanol–water partition coefficient (Wildman–Crippen LogP) is 3.56. The van der Waals surface area contributed by atoms with Gasteiger partial charge in [0.2, 0.25) is 5.89 Å². The largest absolute Gasteiger partial charge is 0.416 e. The molecule has 0 saturated heterocycles. The summed E-state index contributed by atoms with van der Waals surface area (Å²) in [5.74, 6) is 0.783. The van der Waals surface area contributed by atoms with E-state index in [1.54, 1.807) is 12.1 Å². The van der Waals surface area contributed by atoms with E-state index in [0.29, 0.717) is 28.7 Å². The highest BCUT2D eigenvalue weighted by molar-refractivity contribution is 7.99. The van der Waals surface area contributed by atoms with Crippen molar-refractivity contribution in [1.82, 2.24) is 15.1 Å². The van der Waals surface area contributed by atoms with Crippen LogP contribution in [0.4, 0.5) is 0 Å². The average molecular weight is 367 g/mol. The number of rotatable bonds is 6. The summed E-state index contributed by atoms with van der Waals surface area (Å²) in [6.45, 7) is 2.29. The molecule has 2 amide bonds. The van der Waals surface area contributed by atoms with E-state index >= 15 is 0 Å². The van der Waals surface area contributed by atoms with Crippen LogP contribution in [-0.2, 0) is 6.42 Å². The molecule has 1 aliphatic heterocycles. The number of imide groups is 1. The van der Waals surface area contributed by atoms with Crippen molar-refractivity contribution in [3.05, 3.63) is 53.4 Å². The van der Waals surface area contributed by atoms with Gasteiger partial charge in [-0.3, -0.25) is 14.5 Å². The van der Waals surface area contributed by atoms with Gasteiger partial charge in [0, 0.05) is 35.2 Å². The fraction of sp³-hybridized carbons (Fsp3) is 0.263. The molecule has 0 unspecified atom stereocenters. The molecule has 0 aliphatic carbocycles. The van der Waals surface area contributed by atoms with Crippen molar-refractivity contribution in [1.29, 1.82) is 0 Å². The van der Waals surface area contributed by atoms with Crippen LogP contribution in [0.2, 0.25) is 0 Å². The van der Waals surface area contributed by atoms with E-state index in [1.165, 1.54) is 16.7 Å². The maximum atomic E-state index is 12.8. The van der Waals surface area contributed by atoms with Gasteiger partial charge in [0.15, 0.2) is 0 Å². The monoisotopic (exact) mass is 367 g/mol. The van der Waals surface area contributed by atoms with Crippen LogP contribution in [0.15, 0.2) is 46.0 Å². The standard InChI is InChI=1S/C19H17N3O3S/c1-2-11-26-19-21-20-15(25-19)9-10-22-17(23)13-7-3-5-12-6-4-8-14(16(12)13)18(22)24/h3-8H,2,9-11H2,1H3. The topological polar surface area (TPSA) is 76.3 Å². The number of carbonyl (C=O) groups is 2. The summed E-state index contributed by atoms with van der Waals surface area (Å²) >= 11 is 1.50. The Bertz CT molecular complexity index is 948. The fourth-order valence-electron chi connectivity index (χ4n) is 3.08. The van der Waals surface area contributed by atoms with Crippen LogP contribution in [0, 0.1) is 0 Å². The van der Waals surface area contributed by atoms with Crippen LogP contribution >= 0.6 is 11.8 Å². The van der Waals surface area contributed by atoms with E-state index in [-0.39, 0.29) is 18.4 Å². The molecule has 0 saturated carbocycles. The zero-order chi connectivity index (χ0) is 18.1. The molecule has 0 N–H and O–H groups in total. The Labute approximate surface area is 154 Å². The van der Waals surface area contributed by atoms with Gasteiger partial charge in [-0.25, -0.2) is 0 Å². The van der Waals surface area contributed by atoms with Gasteiger partial charge in [0.05, 0.1) is 0 Å². The molecule has 2 heterocycles. The number of hydrogen-bond donors (Lipinski definition) is 0. The predicted molar refractivity (Wildman–Crippen MR) is 98.3 cm³/mol. The molecule has 3 aromatic rings. The summed E-state index contributed by atoms with van der Waals surface area (Å²) in [5.41, 5.74) is 1.12. The minimum Gasteiger partial charge on any atom is -0.416 e. The Kier molecular flexibility index (Phi) is 4.46. The zero-order valence-electron chi connectivity index (χ0n) is 14.3. The van der Waals surface area contributed by atoms with Crippen molar-refractivity contribution >= 4 is 34.3 Å². The Morgan fingerprint density at radius 1 is 1.04 bits per heavy atom. The van der Waals surface area contributed by atoms with Gasteiger partial charge in [0.1, 0.15) is 0 Å². The average Bonchev–Trinajstić information content (AvgIpc) is 3.12. The van der Waals surface area contributed by atoms with Crippen LogP contribution in [0.5, 0.6) is 0 Å². The maximum absolute atomic E-state index is 12.8. The molecule has 7 heteroatoms. The van der Waals surface area contributed by atoms with E-state index in [1.807, 2.05) is 24.3 Å². The molecular formula is C19H17N3O3S. The molecule has 132 valence electrons. The molecule has 26 heavy (non-hydrogen) atoms. The van der Waals surface area contributed by atoms with Crippen LogP contribution < -0.4 is 0 Å². The molecule has 2 aromatic carbocycles. The lowest BCUT2D eigenvalue weighted by Crippen LogP contribution is -2.41. The van der Waals surface area contributed by atoms with Crippen LogP contribution in [0.3, 0.4) is 0 Å². The van der Waals surface area contributed by atoms with E-state index in [4.69, 9.17) is 4.42 Å². The second kappa shape index (κ2) is 6.92. The van der Waals surface area contributed by atoms with Crippen LogP contribution in [0.25, 0.3) is 10.8 Å². The number of benzene rings is 2. The Morgan fingerprint density at radius 2 is 1.73 bits per heavy atom. The van der Waals surface area contributed by atoms with Crippen molar-refractivity contribution in [2.75, 3.05) is 12.3 Å². The van der Waals surface area contributed by atoms with E-state index in [9.17, 15) is 9.59 Å². The van der Waals surface area contributed by atoms with Gasteiger partial charge in [-0.2, -0.15) is 0 Å². The molecule has 0 spiro atoms. The summed E-state index contributed by atoms with van der Waals surface area (Å²) in [4.78, 5) is 26.9. The number of hydrogen-bond acceptors (Lipinski definition) is 6. The molecule has 0 fully saturated rings. The lowest BCUT2D eigenvalue weighted by Gasteiger charge is -2.26. The third kappa shape index (κ3) is 2.88. The van der Waals surface area contributed by atoms with E-state index in [2.05, 4.69) is 17.1 Å². The SMILES string of the molecule is CCCSc1nnc(CCN2C(=O)c3cccc4cccc(c34)C2=O)o1. The molecular weight excluding hydrogens is 350 g/mol. The van der Waals surface area contributed by atoms with E-state index in [0.717, 1.165) is 22.9 Å². The smallest absolute Gasteiger partial charge is 0.276 e. The highest BCUT2D eigenvalue weighted by atomic mass is 32.2. The maximum Gasteiger partial charge on any atom is 0.276 e. The van der Waals surface area contributed by atoms with Crippen LogP contribution in [0.1, 0.15) is 40.0 Å². The van der Waals surface area contributed by atoms with Crippen LogP contribution in [-0.4, -0.2) is 39.2 Å². The lowest BCUT2D eigenvalue weighted by atomic mass is 9.94. The van der Waals surface area contributed by atoms with Crippen molar-refractivity contribution in [3.63, 3.8) is 0 Å². The summed E-state index contributed by atoms with van der Waals surface area (Å²) in [5, 5.41) is 10.1. The van der Waals surface area contributed by atoms with Gasteiger partial charge >= 0.3 is 0 Å². The second-order valence-electron chi connectivity index (χ2n) is 6.03. The van der Waals surface area contributed by atoms with Gasteiger partial charge in [-0.05, 0) is 23.9 Å². The number of amides is 2. The van der Waals surface area contributed by atoms with Gasteiger partial charge in [-0.15, -0.1) is 10.2 Å².